The largest absolute Gasteiger partial charge is 0.370 e. The number of halogens is 1. The first-order chi connectivity index (χ1) is 15.3. The Balaban J connectivity index is 0.00000289. The lowest BCUT2D eigenvalue weighted by atomic mass is 10.0. The summed E-state index contributed by atoms with van der Waals surface area (Å²) in [4.78, 5) is 9.48. The second-order valence-corrected chi connectivity index (χ2v) is 9.60. The molecule has 0 radical (unpaired) electrons. The molecule has 2 aliphatic rings. The van der Waals surface area contributed by atoms with Crippen LogP contribution in [0.5, 0.6) is 0 Å². The number of hydrogen-bond acceptors (Lipinski definition) is 4. The Labute approximate surface area is 214 Å². The molecule has 2 N–H and O–H groups in total. The van der Waals surface area contributed by atoms with E-state index in [0.29, 0.717) is 6.04 Å². The fourth-order valence-corrected chi connectivity index (χ4v) is 5.20. The minimum absolute atomic E-state index is 0. The number of hydrogen-bond donors (Lipinski definition) is 2. The van der Waals surface area contributed by atoms with E-state index in [-0.39, 0.29) is 24.0 Å². The fourth-order valence-electron chi connectivity index (χ4n) is 4.30. The van der Waals surface area contributed by atoms with E-state index < -0.39 is 0 Å². The SMILES string of the molecule is CN=C(NCc1ccc(N2CCSCC2)cc1)NC1CCN(Cc2ccccc2)CC1.I. The summed E-state index contributed by atoms with van der Waals surface area (Å²) >= 11 is 2.05. The molecule has 0 unspecified atom stereocenters. The number of guanidine groups is 1. The van der Waals surface area contributed by atoms with Gasteiger partial charge in [-0.25, -0.2) is 0 Å². The van der Waals surface area contributed by atoms with E-state index in [1.165, 1.54) is 28.3 Å². The maximum Gasteiger partial charge on any atom is 0.191 e. The van der Waals surface area contributed by atoms with Crippen molar-refractivity contribution in [1.29, 1.82) is 0 Å². The van der Waals surface area contributed by atoms with Gasteiger partial charge in [-0.3, -0.25) is 9.89 Å². The maximum absolute atomic E-state index is 4.45. The van der Waals surface area contributed by atoms with Gasteiger partial charge in [0.25, 0.3) is 0 Å². The van der Waals surface area contributed by atoms with Crippen LogP contribution in [0.1, 0.15) is 24.0 Å². The Hall–Kier alpha value is -1.45. The highest BCUT2D eigenvalue weighted by Crippen LogP contribution is 2.20. The summed E-state index contributed by atoms with van der Waals surface area (Å²) < 4.78 is 0. The first-order valence-corrected chi connectivity index (χ1v) is 12.6. The molecule has 7 heteroatoms. The minimum Gasteiger partial charge on any atom is -0.370 e. The molecule has 0 atom stereocenters. The van der Waals surface area contributed by atoms with Gasteiger partial charge in [0.2, 0.25) is 0 Å². The van der Waals surface area contributed by atoms with Crippen molar-refractivity contribution in [2.75, 3.05) is 49.6 Å². The van der Waals surface area contributed by atoms with Gasteiger partial charge in [-0.2, -0.15) is 11.8 Å². The predicted molar refractivity (Wildman–Crippen MR) is 149 cm³/mol. The molecule has 2 aromatic carbocycles. The number of piperidine rings is 1. The third-order valence-corrected chi connectivity index (χ3v) is 7.12. The highest BCUT2D eigenvalue weighted by atomic mass is 127. The molecule has 0 saturated carbocycles. The highest BCUT2D eigenvalue weighted by molar-refractivity contribution is 14.0. The van der Waals surface area contributed by atoms with Gasteiger partial charge in [0.15, 0.2) is 5.96 Å². The second kappa shape index (κ2) is 13.3. The zero-order chi connectivity index (χ0) is 21.3. The number of nitrogens with zero attached hydrogens (tertiary/aromatic N) is 3. The van der Waals surface area contributed by atoms with E-state index in [4.69, 9.17) is 0 Å². The lowest BCUT2D eigenvalue weighted by molar-refractivity contribution is 0.198. The molecule has 0 aromatic heterocycles. The molecule has 4 rings (SSSR count). The van der Waals surface area contributed by atoms with Crippen molar-refractivity contribution in [3.63, 3.8) is 0 Å². The topological polar surface area (TPSA) is 42.9 Å². The number of likely N-dealkylation sites (tertiary alicyclic amines) is 1. The van der Waals surface area contributed by atoms with Crippen LogP contribution in [-0.4, -0.2) is 61.6 Å². The average Bonchev–Trinajstić information content (AvgIpc) is 2.84. The first kappa shape index (κ1) is 25.2. The Morgan fingerprint density at radius 3 is 2.28 bits per heavy atom. The second-order valence-electron chi connectivity index (χ2n) is 8.37. The Morgan fingerprint density at radius 1 is 0.938 bits per heavy atom. The van der Waals surface area contributed by atoms with Gasteiger partial charge in [0, 0.05) is 69.6 Å². The molecule has 2 saturated heterocycles. The van der Waals surface area contributed by atoms with E-state index >= 15 is 0 Å². The summed E-state index contributed by atoms with van der Waals surface area (Å²) in [6.07, 6.45) is 2.30. The van der Waals surface area contributed by atoms with Crippen molar-refractivity contribution in [1.82, 2.24) is 15.5 Å². The predicted octanol–water partition coefficient (Wildman–Crippen LogP) is 4.19. The first-order valence-electron chi connectivity index (χ1n) is 11.5. The van der Waals surface area contributed by atoms with Crippen LogP contribution in [0.25, 0.3) is 0 Å². The molecule has 32 heavy (non-hydrogen) atoms. The van der Waals surface area contributed by atoms with Gasteiger partial charge in [-0.1, -0.05) is 42.5 Å². The lowest BCUT2D eigenvalue weighted by Crippen LogP contribution is -2.48. The maximum atomic E-state index is 4.45. The molecule has 0 bridgehead atoms. The molecule has 174 valence electrons. The fraction of sp³-hybridized carbons (Fsp3) is 0.480. The van der Waals surface area contributed by atoms with E-state index in [1.807, 2.05) is 7.05 Å². The quantitative estimate of drug-likeness (QED) is 0.313. The van der Waals surface area contributed by atoms with Gasteiger partial charge >= 0.3 is 0 Å². The Kier molecular flexibility index (Phi) is 10.5. The van der Waals surface area contributed by atoms with Crippen molar-refractivity contribution in [3.05, 3.63) is 65.7 Å². The van der Waals surface area contributed by atoms with Crippen LogP contribution in [0.3, 0.4) is 0 Å². The molecular formula is C25H36IN5S. The molecule has 2 fully saturated rings. The van der Waals surface area contributed by atoms with Gasteiger partial charge in [0.1, 0.15) is 0 Å². The van der Waals surface area contributed by atoms with E-state index in [2.05, 4.69) is 91.8 Å². The zero-order valence-electron chi connectivity index (χ0n) is 19.0. The molecular weight excluding hydrogens is 529 g/mol. The van der Waals surface area contributed by atoms with Crippen LogP contribution in [-0.2, 0) is 13.1 Å². The molecule has 0 aliphatic carbocycles. The number of nitrogens with one attached hydrogen (secondary N) is 2. The van der Waals surface area contributed by atoms with Crippen LogP contribution >= 0.6 is 35.7 Å². The Morgan fingerprint density at radius 2 is 1.62 bits per heavy atom. The van der Waals surface area contributed by atoms with Crippen LogP contribution < -0.4 is 15.5 Å². The number of anilines is 1. The third-order valence-electron chi connectivity index (χ3n) is 6.17. The summed E-state index contributed by atoms with van der Waals surface area (Å²) in [7, 11) is 1.86. The van der Waals surface area contributed by atoms with Gasteiger partial charge in [0.05, 0.1) is 0 Å². The lowest BCUT2D eigenvalue weighted by Gasteiger charge is -2.33. The van der Waals surface area contributed by atoms with Crippen molar-refractivity contribution >= 4 is 47.4 Å². The highest BCUT2D eigenvalue weighted by Gasteiger charge is 2.20. The van der Waals surface area contributed by atoms with Crippen molar-refractivity contribution in [2.45, 2.75) is 32.0 Å². The summed E-state index contributed by atoms with van der Waals surface area (Å²) in [5.41, 5.74) is 4.03. The number of thioether (sulfide) groups is 1. The zero-order valence-corrected chi connectivity index (χ0v) is 22.1. The summed E-state index contributed by atoms with van der Waals surface area (Å²) in [6, 6.07) is 20.2. The van der Waals surface area contributed by atoms with E-state index in [0.717, 1.165) is 58.1 Å². The smallest absolute Gasteiger partial charge is 0.191 e. The summed E-state index contributed by atoms with van der Waals surface area (Å²) in [6.45, 7) is 6.40. The number of rotatable bonds is 6. The van der Waals surface area contributed by atoms with Crippen molar-refractivity contribution in [3.8, 4) is 0 Å². The van der Waals surface area contributed by atoms with Gasteiger partial charge in [-0.05, 0) is 36.1 Å². The monoisotopic (exact) mass is 565 g/mol. The van der Waals surface area contributed by atoms with Crippen LogP contribution in [0.2, 0.25) is 0 Å². The molecule has 2 aliphatic heterocycles. The standard InChI is InChI=1S/C25H35N5S.HI/c1-26-25(27-19-21-7-9-24(10-8-21)30-15-17-31-18-16-30)28-23-11-13-29(14-12-23)20-22-5-3-2-4-6-22;/h2-10,23H,11-20H2,1H3,(H2,26,27,28);1H. The van der Waals surface area contributed by atoms with Crippen molar-refractivity contribution < 1.29 is 0 Å². The van der Waals surface area contributed by atoms with Crippen molar-refractivity contribution in [2.24, 2.45) is 4.99 Å². The number of aliphatic imine (C=N–C) groups is 1. The summed E-state index contributed by atoms with van der Waals surface area (Å²) in [5, 5.41) is 7.12. The molecule has 2 heterocycles. The van der Waals surface area contributed by atoms with Gasteiger partial charge < -0.3 is 15.5 Å². The summed E-state index contributed by atoms with van der Waals surface area (Å²) in [5.74, 6) is 3.37. The average molecular weight is 566 g/mol. The third kappa shape index (κ3) is 7.56. The normalized spacial score (nSPS) is 18.2. The number of benzene rings is 2. The van der Waals surface area contributed by atoms with E-state index in [1.54, 1.807) is 0 Å². The van der Waals surface area contributed by atoms with Crippen LogP contribution in [0, 0.1) is 0 Å². The molecule has 0 spiro atoms. The van der Waals surface area contributed by atoms with E-state index in [9.17, 15) is 0 Å². The molecule has 5 nitrogen and oxygen atoms in total. The Bertz CT molecular complexity index is 816. The minimum atomic E-state index is 0. The molecule has 0 amide bonds. The van der Waals surface area contributed by atoms with Crippen LogP contribution in [0.4, 0.5) is 5.69 Å². The van der Waals surface area contributed by atoms with Crippen LogP contribution in [0.15, 0.2) is 59.6 Å². The molecule has 2 aromatic rings. The van der Waals surface area contributed by atoms with Gasteiger partial charge in [-0.15, -0.1) is 24.0 Å².